The highest BCUT2D eigenvalue weighted by Gasteiger charge is 2.73. The van der Waals surface area contributed by atoms with Gasteiger partial charge in [0.1, 0.15) is 6.10 Å². The Balaban J connectivity index is 1.33. The molecule has 0 spiro atoms. The SMILES string of the molecule is CC(=O)O[C@H]1C[C@H]2O[C@@](O)(C1)[C@H]1C[C@H]3[C@@H]4CC[C@H]([C@H](C)CCCC(C)C)[C@@]4(C)CC[C@@H]3[C@@]21C. The van der Waals surface area contributed by atoms with Crippen molar-refractivity contribution in [2.75, 3.05) is 0 Å². The Morgan fingerprint density at radius 1 is 1.09 bits per heavy atom. The van der Waals surface area contributed by atoms with E-state index >= 15 is 0 Å². The van der Waals surface area contributed by atoms with Crippen molar-refractivity contribution in [3.63, 3.8) is 0 Å². The van der Waals surface area contributed by atoms with E-state index < -0.39 is 5.79 Å². The van der Waals surface area contributed by atoms with Gasteiger partial charge in [-0.15, -0.1) is 0 Å². The Labute approximate surface area is 201 Å². The van der Waals surface area contributed by atoms with E-state index in [9.17, 15) is 9.90 Å². The second kappa shape index (κ2) is 8.22. The zero-order valence-corrected chi connectivity index (χ0v) is 21.9. The minimum absolute atomic E-state index is 0.0105. The summed E-state index contributed by atoms with van der Waals surface area (Å²) >= 11 is 0. The summed E-state index contributed by atoms with van der Waals surface area (Å²) in [6.45, 7) is 13.7. The third kappa shape index (κ3) is 3.63. The van der Waals surface area contributed by atoms with Crippen molar-refractivity contribution in [1.82, 2.24) is 0 Å². The van der Waals surface area contributed by atoms with Gasteiger partial charge >= 0.3 is 5.97 Å². The molecule has 0 aromatic carbocycles. The number of ether oxygens (including phenoxy) is 2. The van der Waals surface area contributed by atoms with Gasteiger partial charge in [0.05, 0.1) is 6.10 Å². The Morgan fingerprint density at radius 3 is 2.55 bits per heavy atom. The van der Waals surface area contributed by atoms with Crippen molar-refractivity contribution in [3.05, 3.63) is 0 Å². The summed E-state index contributed by atoms with van der Waals surface area (Å²) in [5, 5.41) is 11.7. The van der Waals surface area contributed by atoms with Crippen LogP contribution >= 0.6 is 0 Å². The maximum Gasteiger partial charge on any atom is 0.302 e. The average Bonchev–Trinajstić information content (AvgIpc) is 3.26. The van der Waals surface area contributed by atoms with Crippen molar-refractivity contribution < 1.29 is 19.4 Å². The molecular formula is C29H48O4. The Morgan fingerprint density at radius 2 is 1.85 bits per heavy atom. The summed E-state index contributed by atoms with van der Waals surface area (Å²) in [5.74, 6) is 3.45. The normalized spacial score (nSPS) is 51.2. The van der Waals surface area contributed by atoms with Crippen LogP contribution in [0.2, 0.25) is 0 Å². The lowest BCUT2D eigenvalue weighted by atomic mass is 9.54. The highest BCUT2D eigenvalue weighted by Crippen LogP contribution is 2.73. The second-order valence-corrected chi connectivity index (χ2v) is 13.7. The summed E-state index contributed by atoms with van der Waals surface area (Å²) in [5.41, 5.74) is 0.475. The highest BCUT2D eigenvalue weighted by molar-refractivity contribution is 5.66. The molecule has 1 N–H and O–H groups in total. The Bertz CT molecular complexity index is 765. The predicted molar refractivity (Wildman–Crippen MR) is 129 cm³/mol. The molecule has 2 bridgehead atoms. The zero-order chi connectivity index (χ0) is 23.8. The molecule has 5 fully saturated rings. The molecule has 0 unspecified atom stereocenters. The van der Waals surface area contributed by atoms with E-state index in [2.05, 4.69) is 34.6 Å². The maximum atomic E-state index is 11.7. The van der Waals surface area contributed by atoms with Crippen molar-refractivity contribution in [1.29, 1.82) is 0 Å². The molecule has 0 radical (unpaired) electrons. The van der Waals surface area contributed by atoms with E-state index in [0.717, 1.165) is 42.4 Å². The number of hydrogen-bond donors (Lipinski definition) is 1. The molecule has 3 saturated carbocycles. The first kappa shape index (κ1) is 24.1. The van der Waals surface area contributed by atoms with Crippen molar-refractivity contribution >= 4 is 5.97 Å². The van der Waals surface area contributed by atoms with Crippen LogP contribution in [0.5, 0.6) is 0 Å². The largest absolute Gasteiger partial charge is 0.462 e. The van der Waals surface area contributed by atoms with E-state index in [-0.39, 0.29) is 29.5 Å². The number of carbonyl (C=O) groups excluding carboxylic acids is 1. The van der Waals surface area contributed by atoms with E-state index in [1.807, 2.05) is 0 Å². The lowest BCUT2D eigenvalue weighted by molar-refractivity contribution is -0.258. The van der Waals surface area contributed by atoms with Crippen LogP contribution in [-0.2, 0) is 14.3 Å². The van der Waals surface area contributed by atoms with Gasteiger partial charge in [0.25, 0.3) is 0 Å². The van der Waals surface area contributed by atoms with Gasteiger partial charge in [-0.2, -0.15) is 0 Å². The van der Waals surface area contributed by atoms with Crippen molar-refractivity contribution in [3.8, 4) is 0 Å². The van der Waals surface area contributed by atoms with Gasteiger partial charge in [-0.3, -0.25) is 4.79 Å². The molecular weight excluding hydrogens is 412 g/mol. The second-order valence-electron chi connectivity index (χ2n) is 13.7. The van der Waals surface area contributed by atoms with Crippen LogP contribution in [0.15, 0.2) is 0 Å². The van der Waals surface area contributed by atoms with Crippen LogP contribution in [0, 0.1) is 52.3 Å². The lowest BCUT2D eigenvalue weighted by Gasteiger charge is -2.51. The molecule has 2 aliphatic heterocycles. The van der Waals surface area contributed by atoms with Gasteiger partial charge in [-0.05, 0) is 73.0 Å². The van der Waals surface area contributed by atoms with Gasteiger partial charge in [-0.1, -0.05) is 53.9 Å². The summed E-state index contributed by atoms with van der Waals surface area (Å²) in [4.78, 5) is 11.6. The van der Waals surface area contributed by atoms with Gasteiger partial charge in [0.15, 0.2) is 5.79 Å². The molecule has 5 aliphatic rings. The smallest absolute Gasteiger partial charge is 0.302 e. The van der Waals surface area contributed by atoms with Gasteiger partial charge in [0.2, 0.25) is 0 Å². The van der Waals surface area contributed by atoms with Crippen LogP contribution in [0.4, 0.5) is 0 Å². The Kier molecular flexibility index (Phi) is 6.00. The first-order chi connectivity index (χ1) is 15.5. The van der Waals surface area contributed by atoms with E-state index in [0.29, 0.717) is 17.8 Å². The number of esters is 1. The summed E-state index contributed by atoms with van der Waals surface area (Å²) < 4.78 is 11.9. The fraction of sp³-hybridized carbons (Fsp3) is 0.966. The topological polar surface area (TPSA) is 55.8 Å². The van der Waals surface area contributed by atoms with Gasteiger partial charge < -0.3 is 14.6 Å². The lowest BCUT2D eigenvalue weighted by Crippen LogP contribution is -2.48. The minimum atomic E-state index is -1.12. The molecule has 2 heterocycles. The van der Waals surface area contributed by atoms with Crippen LogP contribution in [0.1, 0.15) is 106 Å². The molecule has 11 atom stereocenters. The quantitative estimate of drug-likeness (QED) is 0.470. The molecule has 0 aromatic heterocycles. The fourth-order valence-electron chi connectivity index (χ4n) is 10.3. The molecule has 5 rings (SSSR count). The predicted octanol–water partition coefficient (Wildman–Crippen LogP) is 6.35. The van der Waals surface area contributed by atoms with E-state index in [1.165, 1.54) is 51.9 Å². The number of carbonyl (C=O) groups is 1. The standard InChI is InChI=1S/C29H48O4/c1-17(2)8-7-9-18(3)22-10-11-23-21-15-25-28(6,24(21)12-13-27(22,23)5)26-14-20(32-19(4)30)16-29(25,31)33-26/h17-18,20-26,31H,7-16H2,1-6H3/t18-,20+,21+,22-,23+,24+,25+,26-,27-,28-,29+/m1/s1. The number of aliphatic hydroxyl groups is 1. The zero-order valence-electron chi connectivity index (χ0n) is 21.9. The van der Waals surface area contributed by atoms with Crippen LogP contribution in [0.3, 0.4) is 0 Å². The molecule has 33 heavy (non-hydrogen) atoms. The van der Waals surface area contributed by atoms with Gasteiger partial charge in [-0.25, -0.2) is 0 Å². The number of fused-ring (bicyclic) bond motifs is 9. The molecule has 0 amide bonds. The average molecular weight is 461 g/mol. The number of rotatable bonds is 6. The molecule has 0 aromatic rings. The molecule has 188 valence electrons. The first-order valence-electron chi connectivity index (χ1n) is 14.1. The molecule has 3 aliphatic carbocycles. The monoisotopic (exact) mass is 460 g/mol. The highest BCUT2D eigenvalue weighted by atomic mass is 16.6. The van der Waals surface area contributed by atoms with Crippen LogP contribution in [-0.4, -0.2) is 29.1 Å². The minimum Gasteiger partial charge on any atom is -0.462 e. The maximum absolute atomic E-state index is 11.7. The molecule has 2 saturated heterocycles. The number of hydrogen-bond acceptors (Lipinski definition) is 4. The van der Waals surface area contributed by atoms with Crippen LogP contribution in [0.25, 0.3) is 0 Å². The fourth-order valence-corrected chi connectivity index (χ4v) is 10.3. The Hall–Kier alpha value is -0.610. The van der Waals surface area contributed by atoms with Gasteiger partial charge in [0, 0.05) is 31.1 Å². The molecule has 4 nitrogen and oxygen atoms in total. The summed E-state index contributed by atoms with van der Waals surface area (Å²) in [7, 11) is 0. The van der Waals surface area contributed by atoms with Crippen molar-refractivity contribution in [2.45, 2.75) is 124 Å². The van der Waals surface area contributed by atoms with E-state index in [1.54, 1.807) is 0 Å². The van der Waals surface area contributed by atoms with Crippen molar-refractivity contribution in [2.24, 2.45) is 52.3 Å². The van der Waals surface area contributed by atoms with Crippen LogP contribution < -0.4 is 0 Å². The van der Waals surface area contributed by atoms with E-state index in [4.69, 9.17) is 9.47 Å². The summed E-state index contributed by atoms with van der Waals surface area (Å²) in [6.07, 6.45) is 11.6. The molecule has 4 heteroatoms. The summed E-state index contributed by atoms with van der Waals surface area (Å²) in [6, 6.07) is 0. The third-order valence-electron chi connectivity index (χ3n) is 11.6. The first-order valence-corrected chi connectivity index (χ1v) is 14.1. The third-order valence-corrected chi connectivity index (χ3v) is 11.6.